The van der Waals surface area contributed by atoms with Gasteiger partial charge in [-0.1, -0.05) is 29.8 Å². The van der Waals surface area contributed by atoms with Gasteiger partial charge in [-0.05, 0) is 49.7 Å². The second-order valence-electron chi connectivity index (χ2n) is 9.06. The number of halogens is 1. The molecule has 0 bridgehead atoms. The maximum absolute atomic E-state index is 13.3. The first-order chi connectivity index (χ1) is 18.4. The van der Waals surface area contributed by atoms with Gasteiger partial charge in [0, 0.05) is 55.6 Å². The highest BCUT2D eigenvalue weighted by Gasteiger charge is 2.38. The predicted molar refractivity (Wildman–Crippen MR) is 144 cm³/mol. The molecule has 0 radical (unpaired) electrons. The van der Waals surface area contributed by atoms with Crippen molar-refractivity contribution in [2.45, 2.75) is 19.9 Å². The quantitative estimate of drug-likeness (QED) is 0.513. The van der Waals surface area contributed by atoms with E-state index in [9.17, 15) is 14.4 Å². The van der Waals surface area contributed by atoms with Gasteiger partial charge in [-0.2, -0.15) is 0 Å². The minimum absolute atomic E-state index is 0.0526. The van der Waals surface area contributed by atoms with Gasteiger partial charge in [0.05, 0.1) is 25.3 Å². The van der Waals surface area contributed by atoms with Gasteiger partial charge in [0.1, 0.15) is 5.75 Å². The van der Waals surface area contributed by atoms with E-state index < -0.39 is 12.0 Å². The third-order valence-electron chi connectivity index (χ3n) is 6.78. The Labute approximate surface area is 227 Å². The minimum atomic E-state index is -0.686. The van der Waals surface area contributed by atoms with Crippen LogP contribution in [0.25, 0.3) is 0 Å². The van der Waals surface area contributed by atoms with Crippen molar-refractivity contribution in [3.05, 3.63) is 76.0 Å². The fraction of sp³-hybridized carbons (Fsp3) is 0.393. The Morgan fingerprint density at radius 3 is 2.45 bits per heavy atom. The molecular weight excluding hydrogens is 508 g/mol. The Kier molecular flexibility index (Phi) is 8.91. The number of rotatable bonds is 8. The number of esters is 1. The van der Waals surface area contributed by atoms with E-state index >= 15 is 0 Å². The number of benzene rings is 2. The van der Waals surface area contributed by atoms with Crippen molar-refractivity contribution in [1.29, 1.82) is 0 Å². The Bertz CT molecular complexity index is 1230. The maximum atomic E-state index is 13.3. The van der Waals surface area contributed by atoms with Crippen LogP contribution in [-0.2, 0) is 9.53 Å². The summed E-state index contributed by atoms with van der Waals surface area (Å²) in [6.07, 6.45) is 0. The van der Waals surface area contributed by atoms with Crippen LogP contribution in [-0.4, -0.2) is 85.6 Å². The molecule has 1 atom stereocenters. The third kappa shape index (κ3) is 5.95. The summed E-state index contributed by atoms with van der Waals surface area (Å²) in [7, 11) is 1.57. The molecule has 3 amide bonds. The van der Waals surface area contributed by atoms with Crippen molar-refractivity contribution >= 4 is 29.5 Å². The van der Waals surface area contributed by atoms with Gasteiger partial charge < -0.3 is 19.7 Å². The number of carbonyl (C=O) groups is 3. The summed E-state index contributed by atoms with van der Waals surface area (Å²) in [4.78, 5) is 45.0. The van der Waals surface area contributed by atoms with Crippen LogP contribution in [0, 0.1) is 0 Å². The standard InChI is InChI=1S/C28H33ClN4O5/c1-4-33-23(18-31-12-14-32(15-13-31)26(34)20-9-7-11-22(17-20)37-3)24(27(35)38-5-2)25(30-28(33)36)19-8-6-10-21(29)16-19/h6-11,16-17,25H,4-5,12-15,18H2,1-3H3,(H,30,36). The normalized spacial score (nSPS) is 18.3. The average molecular weight is 541 g/mol. The molecule has 0 aromatic heterocycles. The molecule has 9 nitrogen and oxygen atoms in total. The highest BCUT2D eigenvalue weighted by Crippen LogP contribution is 2.33. The van der Waals surface area contributed by atoms with Crippen molar-refractivity contribution < 1.29 is 23.9 Å². The van der Waals surface area contributed by atoms with Gasteiger partial charge in [-0.3, -0.25) is 14.6 Å². The second kappa shape index (κ2) is 12.3. The summed E-state index contributed by atoms with van der Waals surface area (Å²) in [5, 5.41) is 3.47. The van der Waals surface area contributed by atoms with E-state index in [0.29, 0.717) is 72.4 Å². The summed E-state index contributed by atoms with van der Waals surface area (Å²) < 4.78 is 10.7. The van der Waals surface area contributed by atoms with Crippen molar-refractivity contribution in [2.24, 2.45) is 0 Å². The number of methoxy groups -OCH3 is 1. The average Bonchev–Trinajstić information content (AvgIpc) is 2.93. The lowest BCUT2D eigenvalue weighted by Crippen LogP contribution is -2.53. The van der Waals surface area contributed by atoms with Gasteiger partial charge in [0.25, 0.3) is 5.91 Å². The Hall–Kier alpha value is -3.56. The number of amides is 3. The van der Waals surface area contributed by atoms with E-state index in [1.54, 1.807) is 61.4 Å². The van der Waals surface area contributed by atoms with E-state index in [1.165, 1.54) is 0 Å². The summed E-state index contributed by atoms with van der Waals surface area (Å²) >= 11 is 6.23. The first-order valence-electron chi connectivity index (χ1n) is 12.8. The zero-order chi connectivity index (χ0) is 27.2. The zero-order valence-electron chi connectivity index (χ0n) is 21.9. The molecule has 10 heteroatoms. The van der Waals surface area contributed by atoms with Crippen LogP contribution >= 0.6 is 11.6 Å². The Morgan fingerprint density at radius 2 is 1.79 bits per heavy atom. The molecule has 1 unspecified atom stereocenters. The summed E-state index contributed by atoms with van der Waals surface area (Å²) in [5.41, 5.74) is 2.28. The highest BCUT2D eigenvalue weighted by atomic mass is 35.5. The molecule has 1 fully saturated rings. The van der Waals surface area contributed by atoms with Gasteiger partial charge in [0.15, 0.2) is 0 Å². The molecule has 0 aliphatic carbocycles. The fourth-order valence-corrected chi connectivity index (χ4v) is 5.05. The summed E-state index contributed by atoms with van der Waals surface area (Å²) in [5.74, 6) is 0.110. The zero-order valence-corrected chi connectivity index (χ0v) is 22.7. The molecule has 0 saturated carbocycles. The van der Waals surface area contributed by atoms with Gasteiger partial charge in [0.2, 0.25) is 0 Å². The molecule has 2 heterocycles. The first-order valence-corrected chi connectivity index (χ1v) is 13.1. The van der Waals surface area contributed by atoms with Gasteiger partial charge in [-0.15, -0.1) is 0 Å². The Morgan fingerprint density at radius 1 is 1.05 bits per heavy atom. The molecule has 38 heavy (non-hydrogen) atoms. The van der Waals surface area contributed by atoms with Crippen LogP contribution in [0.3, 0.4) is 0 Å². The molecule has 0 spiro atoms. The topological polar surface area (TPSA) is 91.4 Å². The molecule has 1 N–H and O–H groups in total. The smallest absolute Gasteiger partial charge is 0.338 e. The van der Waals surface area contributed by atoms with Crippen LogP contribution in [0.5, 0.6) is 5.75 Å². The SMILES string of the molecule is CCOC(=O)C1=C(CN2CCN(C(=O)c3cccc(OC)c3)CC2)N(CC)C(=O)NC1c1cccc(Cl)c1. The van der Waals surface area contributed by atoms with Crippen LogP contribution in [0.2, 0.25) is 5.02 Å². The molecular formula is C28H33ClN4O5. The summed E-state index contributed by atoms with van der Waals surface area (Å²) in [6, 6.07) is 13.3. The largest absolute Gasteiger partial charge is 0.497 e. The number of carbonyl (C=O) groups excluding carboxylic acids is 3. The number of hydrogen-bond donors (Lipinski definition) is 1. The number of piperazine rings is 1. The minimum Gasteiger partial charge on any atom is -0.497 e. The van der Waals surface area contributed by atoms with Gasteiger partial charge in [-0.25, -0.2) is 9.59 Å². The molecule has 1 saturated heterocycles. The molecule has 2 aliphatic heterocycles. The van der Waals surface area contributed by atoms with E-state index in [4.69, 9.17) is 21.1 Å². The van der Waals surface area contributed by atoms with Crippen LogP contribution in [0.4, 0.5) is 4.79 Å². The van der Waals surface area contributed by atoms with Crippen LogP contribution in [0.1, 0.15) is 35.8 Å². The van der Waals surface area contributed by atoms with Crippen molar-refractivity contribution in [2.75, 3.05) is 53.0 Å². The lowest BCUT2D eigenvalue weighted by Gasteiger charge is -2.40. The lowest BCUT2D eigenvalue weighted by molar-refractivity contribution is -0.139. The molecule has 4 rings (SSSR count). The molecule has 2 aromatic rings. The lowest BCUT2D eigenvalue weighted by atomic mass is 9.94. The summed E-state index contributed by atoms with van der Waals surface area (Å²) in [6.45, 7) is 6.82. The predicted octanol–water partition coefficient (Wildman–Crippen LogP) is 3.71. The number of nitrogens with zero attached hydrogens (tertiary/aromatic N) is 3. The van der Waals surface area contributed by atoms with E-state index in [2.05, 4.69) is 10.2 Å². The maximum Gasteiger partial charge on any atom is 0.338 e. The monoisotopic (exact) mass is 540 g/mol. The van der Waals surface area contributed by atoms with Crippen molar-refractivity contribution in [1.82, 2.24) is 20.0 Å². The Balaban J connectivity index is 1.58. The molecule has 202 valence electrons. The van der Waals surface area contributed by atoms with E-state index in [-0.39, 0.29) is 18.5 Å². The number of ether oxygens (including phenoxy) is 2. The molecule has 2 aliphatic rings. The van der Waals surface area contributed by atoms with Crippen molar-refractivity contribution in [3.8, 4) is 5.75 Å². The third-order valence-corrected chi connectivity index (χ3v) is 7.02. The highest BCUT2D eigenvalue weighted by molar-refractivity contribution is 6.30. The number of likely N-dealkylation sites (N-methyl/N-ethyl adjacent to an activating group) is 1. The van der Waals surface area contributed by atoms with Crippen LogP contribution in [0.15, 0.2) is 59.8 Å². The van der Waals surface area contributed by atoms with Crippen LogP contribution < -0.4 is 10.1 Å². The van der Waals surface area contributed by atoms with Crippen molar-refractivity contribution in [3.63, 3.8) is 0 Å². The first kappa shape index (κ1) is 27.5. The van der Waals surface area contributed by atoms with Gasteiger partial charge >= 0.3 is 12.0 Å². The molecule has 2 aromatic carbocycles. The number of hydrogen-bond acceptors (Lipinski definition) is 6. The second-order valence-corrected chi connectivity index (χ2v) is 9.50. The van der Waals surface area contributed by atoms with E-state index in [1.807, 2.05) is 17.9 Å². The number of nitrogens with one attached hydrogen (secondary N) is 1. The fourth-order valence-electron chi connectivity index (χ4n) is 4.85. The van der Waals surface area contributed by atoms with E-state index in [0.717, 1.165) is 0 Å². The number of urea groups is 1.